The molecule has 0 atom stereocenters. The molecule has 1 aliphatic rings. The highest BCUT2D eigenvalue weighted by Crippen LogP contribution is 2.23. The molecular weight excluding hydrogens is 316 g/mol. The van der Waals surface area contributed by atoms with Crippen molar-refractivity contribution in [2.45, 2.75) is 39.0 Å². The first-order valence-corrected chi connectivity index (χ1v) is 9.39. The van der Waals surface area contributed by atoms with E-state index in [1.807, 2.05) is 42.2 Å². The Balaban J connectivity index is 1.60. The number of ether oxygens (including phenoxy) is 1. The van der Waals surface area contributed by atoms with Gasteiger partial charge in [0, 0.05) is 44.8 Å². The summed E-state index contributed by atoms with van der Waals surface area (Å²) in [6.07, 6.45) is 4.31. The van der Waals surface area contributed by atoms with Crippen molar-refractivity contribution in [3.63, 3.8) is 0 Å². The topological polar surface area (TPSA) is 58.6 Å². The maximum absolute atomic E-state index is 12.4. The highest BCUT2D eigenvalue weighted by molar-refractivity contribution is 5.94. The number of nitrogens with one attached hydrogen (secondary N) is 1. The molecule has 138 valence electrons. The van der Waals surface area contributed by atoms with Gasteiger partial charge in [-0.25, -0.2) is 0 Å². The lowest BCUT2D eigenvalue weighted by Crippen LogP contribution is -2.38. The number of carbonyl (C=O) groups excluding carboxylic acids is 2. The van der Waals surface area contributed by atoms with Crippen LogP contribution in [0.1, 0.15) is 49.4 Å². The summed E-state index contributed by atoms with van der Waals surface area (Å²) in [6.45, 7) is 5.65. The van der Waals surface area contributed by atoms with Crippen molar-refractivity contribution in [1.82, 2.24) is 10.2 Å². The molecule has 0 spiro atoms. The fraction of sp³-hybridized carbons (Fsp3) is 0.600. The molecular formula is C20H30N2O3. The second-order valence-corrected chi connectivity index (χ2v) is 6.54. The Hall–Kier alpha value is -1.88. The Bertz CT molecular complexity index is 525. The first kappa shape index (κ1) is 19.4. The van der Waals surface area contributed by atoms with E-state index in [0.717, 1.165) is 50.9 Å². The van der Waals surface area contributed by atoms with Crippen LogP contribution in [-0.2, 0) is 9.53 Å². The molecule has 2 rings (SSSR count). The quantitative estimate of drug-likeness (QED) is 0.700. The van der Waals surface area contributed by atoms with E-state index in [4.69, 9.17) is 4.74 Å². The predicted molar refractivity (Wildman–Crippen MR) is 98.4 cm³/mol. The highest BCUT2D eigenvalue weighted by Gasteiger charge is 2.23. The zero-order valence-corrected chi connectivity index (χ0v) is 15.2. The van der Waals surface area contributed by atoms with Crippen molar-refractivity contribution in [2.75, 3.05) is 32.8 Å². The lowest BCUT2D eigenvalue weighted by Gasteiger charge is -2.32. The molecule has 25 heavy (non-hydrogen) atoms. The summed E-state index contributed by atoms with van der Waals surface area (Å²) < 4.78 is 5.25. The molecule has 1 fully saturated rings. The fourth-order valence-corrected chi connectivity index (χ4v) is 3.16. The molecule has 5 nitrogen and oxygen atoms in total. The van der Waals surface area contributed by atoms with Gasteiger partial charge >= 0.3 is 0 Å². The Morgan fingerprint density at radius 2 is 1.92 bits per heavy atom. The van der Waals surface area contributed by atoms with Crippen LogP contribution in [0.4, 0.5) is 0 Å². The Morgan fingerprint density at radius 1 is 1.20 bits per heavy atom. The molecule has 1 aromatic rings. The summed E-state index contributed by atoms with van der Waals surface area (Å²) in [5, 5.41) is 2.95. The molecule has 2 amide bonds. The molecule has 0 unspecified atom stereocenters. The summed E-state index contributed by atoms with van der Waals surface area (Å²) in [5.41, 5.74) is 0.757. The van der Waals surface area contributed by atoms with Gasteiger partial charge in [-0.15, -0.1) is 0 Å². The van der Waals surface area contributed by atoms with Gasteiger partial charge in [0.05, 0.1) is 0 Å². The van der Waals surface area contributed by atoms with Crippen LogP contribution in [0.25, 0.3) is 0 Å². The van der Waals surface area contributed by atoms with E-state index < -0.39 is 0 Å². The van der Waals surface area contributed by atoms with Gasteiger partial charge < -0.3 is 15.0 Å². The number of piperidine rings is 1. The van der Waals surface area contributed by atoms with Gasteiger partial charge in [-0.2, -0.15) is 0 Å². The average Bonchev–Trinajstić information content (AvgIpc) is 2.67. The summed E-state index contributed by atoms with van der Waals surface area (Å²) in [7, 11) is 0. The largest absolute Gasteiger partial charge is 0.382 e. The maximum Gasteiger partial charge on any atom is 0.253 e. The number of hydrogen-bond acceptors (Lipinski definition) is 3. The van der Waals surface area contributed by atoms with Crippen molar-refractivity contribution in [2.24, 2.45) is 5.92 Å². The third-order valence-corrected chi connectivity index (χ3v) is 4.69. The Morgan fingerprint density at radius 3 is 2.60 bits per heavy atom. The zero-order valence-electron chi connectivity index (χ0n) is 15.2. The number of nitrogens with zero attached hydrogens (tertiary/aromatic N) is 1. The first-order valence-electron chi connectivity index (χ1n) is 9.39. The molecule has 1 heterocycles. The van der Waals surface area contributed by atoms with E-state index in [0.29, 0.717) is 25.5 Å². The first-order chi connectivity index (χ1) is 12.2. The monoisotopic (exact) mass is 346 g/mol. The van der Waals surface area contributed by atoms with Crippen LogP contribution in [-0.4, -0.2) is 49.6 Å². The van der Waals surface area contributed by atoms with Crippen LogP contribution in [0.5, 0.6) is 0 Å². The predicted octanol–water partition coefficient (Wildman–Crippen LogP) is 2.86. The molecule has 0 radical (unpaired) electrons. The van der Waals surface area contributed by atoms with Crippen LogP contribution in [0.3, 0.4) is 0 Å². The van der Waals surface area contributed by atoms with E-state index in [2.05, 4.69) is 5.32 Å². The van der Waals surface area contributed by atoms with Crippen LogP contribution in [0, 0.1) is 5.92 Å². The van der Waals surface area contributed by atoms with E-state index in [-0.39, 0.29) is 11.8 Å². The van der Waals surface area contributed by atoms with Gasteiger partial charge in [0.15, 0.2) is 0 Å². The number of rotatable bonds is 9. The number of carbonyl (C=O) groups is 2. The van der Waals surface area contributed by atoms with Crippen LogP contribution < -0.4 is 5.32 Å². The van der Waals surface area contributed by atoms with Crippen LogP contribution >= 0.6 is 0 Å². The molecule has 0 saturated carbocycles. The fourth-order valence-electron chi connectivity index (χ4n) is 3.16. The number of benzene rings is 1. The number of amides is 2. The van der Waals surface area contributed by atoms with Gasteiger partial charge in [-0.3, -0.25) is 9.59 Å². The van der Waals surface area contributed by atoms with Crippen molar-refractivity contribution < 1.29 is 14.3 Å². The van der Waals surface area contributed by atoms with Gasteiger partial charge in [0.25, 0.3) is 5.91 Å². The third-order valence-electron chi connectivity index (χ3n) is 4.69. The summed E-state index contributed by atoms with van der Waals surface area (Å²) in [4.78, 5) is 26.2. The van der Waals surface area contributed by atoms with Crippen molar-refractivity contribution in [3.8, 4) is 0 Å². The standard InChI is InChI=1S/C20H30N2O3/c1-2-25-16-6-13-21-19(23)10-9-17-11-14-22(15-12-17)20(24)18-7-4-3-5-8-18/h3-5,7-8,17H,2,6,9-16H2,1H3,(H,21,23). The molecule has 0 aromatic heterocycles. The molecule has 0 bridgehead atoms. The van der Waals surface area contributed by atoms with Crippen molar-refractivity contribution in [1.29, 1.82) is 0 Å². The molecule has 1 saturated heterocycles. The van der Waals surface area contributed by atoms with E-state index in [1.54, 1.807) is 0 Å². The normalized spacial score (nSPS) is 15.2. The smallest absolute Gasteiger partial charge is 0.253 e. The number of hydrogen-bond donors (Lipinski definition) is 1. The Kier molecular flexibility index (Phi) is 8.46. The zero-order chi connectivity index (χ0) is 17.9. The average molecular weight is 346 g/mol. The van der Waals surface area contributed by atoms with Gasteiger partial charge in [-0.05, 0) is 50.7 Å². The van der Waals surface area contributed by atoms with Crippen LogP contribution in [0.15, 0.2) is 30.3 Å². The van der Waals surface area contributed by atoms with E-state index in [9.17, 15) is 9.59 Å². The Labute approximate surface area is 150 Å². The lowest BCUT2D eigenvalue weighted by atomic mass is 9.91. The van der Waals surface area contributed by atoms with Crippen molar-refractivity contribution >= 4 is 11.8 Å². The highest BCUT2D eigenvalue weighted by atomic mass is 16.5. The summed E-state index contributed by atoms with van der Waals surface area (Å²) >= 11 is 0. The SMILES string of the molecule is CCOCCCNC(=O)CCC1CCN(C(=O)c2ccccc2)CC1. The minimum absolute atomic E-state index is 0.117. The second-order valence-electron chi connectivity index (χ2n) is 6.54. The third kappa shape index (κ3) is 6.86. The second kappa shape index (κ2) is 10.9. The number of likely N-dealkylation sites (tertiary alicyclic amines) is 1. The molecule has 0 aliphatic carbocycles. The summed E-state index contributed by atoms with van der Waals surface area (Å²) in [6, 6.07) is 9.44. The molecule has 1 aliphatic heterocycles. The van der Waals surface area contributed by atoms with Gasteiger partial charge in [-0.1, -0.05) is 18.2 Å². The van der Waals surface area contributed by atoms with Gasteiger partial charge in [0.1, 0.15) is 0 Å². The molecule has 1 N–H and O–H groups in total. The summed E-state index contributed by atoms with van der Waals surface area (Å²) in [5.74, 6) is 0.777. The maximum atomic E-state index is 12.4. The molecule has 5 heteroatoms. The molecule has 1 aromatic carbocycles. The minimum Gasteiger partial charge on any atom is -0.382 e. The van der Waals surface area contributed by atoms with E-state index in [1.165, 1.54) is 0 Å². The van der Waals surface area contributed by atoms with E-state index >= 15 is 0 Å². The lowest BCUT2D eigenvalue weighted by molar-refractivity contribution is -0.121. The van der Waals surface area contributed by atoms with Crippen LogP contribution in [0.2, 0.25) is 0 Å². The van der Waals surface area contributed by atoms with Gasteiger partial charge in [0.2, 0.25) is 5.91 Å². The minimum atomic E-state index is 0.117. The van der Waals surface area contributed by atoms with Crippen molar-refractivity contribution in [3.05, 3.63) is 35.9 Å².